The molecule has 28 heavy (non-hydrogen) atoms. The minimum atomic E-state index is -0.292. The zero-order valence-electron chi connectivity index (χ0n) is 16.4. The summed E-state index contributed by atoms with van der Waals surface area (Å²) in [7, 11) is 0. The maximum absolute atomic E-state index is 12.6. The van der Waals surface area contributed by atoms with Crippen molar-refractivity contribution in [3.63, 3.8) is 0 Å². The fourth-order valence-electron chi connectivity index (χ4n) is 3.23. The Morgan fingerprint density at radius 1 is 0.964 bits per heavy atom. The van der Waals surface area contributed by atoms with Crippen LogP contribution in [0.2, 0.25) is 0 Å². The molecule has 0 aliphatic carbocycles. The van der Waals surface area contributed by atoms with Crippen LogP contribution in [0.25, 0.3) is 10.9 Å². The minimum Gasteiger partial charge on any atom is -0.358 e. The number of rotatable bonds is 6. The first kappa shape index (κ1) is 19.4. The van der Waals surface area contributed by atoms with Crippen LogP contribution in [0.4, 0.5) is 0 Å². The molecular formula is C23H25N3O2. The van der Waals surface area contributed by atoms with Crippen molar-refractivity contribution in [1.82, 2.24) is 15.6 Å². The molecule has 2 amide bonds. The number of benzene rings is 2. The Morgan fingerprint density at radius 3 is 2.36 bits per heavy atom. The van der Waals surface area contributed by atoms with Gasteiger partial charge in [-0.2, -0.15) is 0 Å². The predicted molar refractivity (Wildman–Crippen MR) is 112 cm³/mol. The summed E-state index contributed by atoms with van der Waals surface area (Å²) in [5.74, 6) is -0.568. The molecule has 0 fully saturated rings. The van der Waals surface area contributed by atoms with Crippen molar-refractivity contribution in [3.05, 3.63) is 82.7 Å². The molecule has 1 heterocycles. The molecule has 0 spiro atoms. The van der Waals surface area contributed by atoms with Gasteiger partial charge in [0.15, 0.2) is 0 Å². The average Bonchev–Trinajstić information content (AvgIpc) is 3.01. The molecule has 0 bridgehead atoms. The summed E-state index contributed by atoms with van der Waals surface area (Å²) in [5, 5.41) is 6.84. The van der Waals surface area contributed by atoms with E-state index in [2.05, 4.69) is 21.7 Å². The Kier molecular flexibility index (Phi) is 5.94. The second kappa shape index (κ2) is 8.57. The summed E-state index contributed by atoms with van der Waals surface area (Å²) < 4.78 is 0. The highest BCUT2D eigenvalue weighted by atomic mass is 16.2. The van der Waals surface area contributed by atoms with Gasteiger partial charge in [0.05, 0.1) is 0 Å². The summed E-state index contributed by atoms with van der Waals surface area (Å²) >= 11 is 0. The van der Waals surface area contributed by atoms with Crippen molar-refractivity contribution in [1.29, 1.82) is 0 Å². The first-order valence-corrected chi connectivity index (χ1v) is 9.35. The van der Waals surface area contributed by atoms with Crippen molar-refractivity contribution in [3.8, 4) is 0 Å². The lowest BCUT2D eigenvalue weighted by Crippen LogP contribution is -2.36. The lowest BCUT2D eigenvalue weighted by molar-refractivity contribution is -0.117. The molecule has 0 saturated carbocycles. The van der Waals surface area contributed by atoms with Gasteiger partial charge in [-0.1, -0.05) is 36.4 Å². The average molecular weight is 375 g/mol. The molecular weight excluding hydrogens is 350 g/mol. The molecule has 0 saturated heterocycles. The zero-order chi connectivity index (χ0) is 20.1. The van der Waals surface area contributed by atoms with E-state index >= 15 is 0 Å². The van der Waals surface area contributed by atoms with Crippen LogP contribution in [0.5, 0.6) is 0 Å². The van der Waals surface area contributed by atoms with E-state index in [1.165, 1.54) is 10.9 Å². The van der Waals surface area contributed by atoms with Crippen molar-refractivity contribution in [2.24, 2.45) is 0 Å². The Labute approximate surface area is 164 Å². The molecule has 0 atom stereocenters. The molecule has 0 aliphatic rings. The van der Waals surface area contributed by atoms with E-state index in [1.807, 2.05) is 45.0 Å². The summed E-state index contributed by atoms with van der Waals surface area (Å²) in [6.45, 7) is 6.15. The van der Waals surface area contributed by atoms with Crippen molar-refractivity contribution >= 4 is 22.7 Å². The van der Waals surface area contributed by atoms with Crippen LogP contribution in [0.15, 0.2) is 65.9 Å². The van der Waals surface area contributed by atoms with E-state index in [-0.39, 0.29) is 11.8 Å². The van der Waals surface area contributed by atoms with Gasteiger partial charge in [-0.15, -0.1) is 0 Å². The molecule has 0 radical (unpaired) electrons. The molecule has 2 aromatic carbocycles. The van der Waals surface area contributed by atoms with E-state index in [1.54, 1.807) is 24.3 Å². The molecule has 5 nitrogen and oxygen atoms in total. The van der Waals surface area contributed by atoms with Crippen LogP contribution in [0.1, 0.15) is 35.5 Å². The number of carbonyl (C=O) groups is 2. The predicted octanol–water partition coefficient (Wildman–Crippen LogP) is 3.86. The number of hydrogen-bond acceptors (Lipinski definition) is 2. The Hall–Kier alpha value is -3.34. The standard InChI is InChI=1S/C23H25N3O2/c1-15(2)21(26-22(27)17-9-5-4-6-10-17)23(28)24-14-13-18-16(3)25-20-12-8-7-11-19(18)20/h4-12,25H,13-14H2,1-3H3,(H,24,28)(H,26,27). The molecule has 0 unspecified atom stereocenters. The summed E-state index contributed by atoms with van der Waals surface area (Å²) in [5.41, 5.74) is 4.97. The number of nitrogens with one attached hydrogen (secondary N) is 3. The van der Waals surface area contributed by atoms with E-state index < -0.39 is 0 Å². The van der Waals surface area contributed by atoms with Gasteiger partial charge in [0, 0.05) is 28.7 Å². The first-order chi connectivity index (χ1) is 13.5. The summed E-state index contributed by atoms with van der Waals surface area (Å²) in [4.78, 5) is 28.4. The maximum atomic E-state index is 12.6. The topological polar surface area (TPSA) is 74.0 Å². The number of carbonyl (C=O) groups excluding carboxylic acids is 2. The van der Waals surface area contributed by atoms with Gasteiger partial charge >= 0.3 is 0 Å². The van der Waals surface area contributed by atoms with Crippen LogP contribution in [0, 0.1) is 6.92 Å². The largest absolute Gasteiger partial charge is 0.358 e. The monoisotopic (exact) mass is 375 g/mol. The summed E-state index contributed by atoms with van der Waals surface area (Å²) in [6.07, 6.45) is 0.713. The fourth-order valence-corrected chi connectivity index (χ4v) is 3.23. The number of para-hydroxylation sites is 1. The molecule has 144 valence electrons. The lowest BCUT2D eigenvalue weighted by atomic mass is 10.1. The third-order valence-electron chi connectivity index (χ3n) is 4.69. The number of aromatic nitrogens is 1. The van der Waals surface area contributed by atoms with Crippen LogP contribution in [-0.4, -0.2) is 23.3 Å². The Bertz CT molecular complexity index is 1030. The van der Waals surface area contributed by atoms with Gasteiger partial charge in [0.25, 0.3) is 11.8 Å². The number of aromatic amines is 1. The highest BCUT2D eigenvalue weighted by Gasteiger charge is 2.16. The Morgan fingerprint density at radius 2 is 1.64 bits per heavy atom. The third-order valence-corrected chi connectivity index (χ3v) is 4.69. The normalized spacial score (nSPS) is 10.5. The van der Waals surface area contributed by atoms with E-state index in [0.29, 0.717) is 24.2 Å². The minimum absolute atomic E-state index is 0.276. The van der Waals surface area contributed by atoms with E-state index in [9.17, 15) is 9.59 Å². The van der Waals surface area contributed by atoms with Crippen molar-refractivity contribution in [2.45, 2.75) is 27.2 Å². The molecule has 3 aromatic rings. The quantitative estimate of drug-likeness (QED) is 0.573. The van der Waals surface area contributed by atoms with Crippen molar-refractivity contribution < 1.29 is 9.59 Å². The number of fused-ring (bicyclic) bond motifs is 1. The van der Waals surface area contributed by atoms with Gasteiger partial charge < -0.3 is 15.6 Å². The van der Waals surface area contributed by atoms with Crippen LogP contribution < -0.4 is 10.6 Å². The molecule has 0 aliphatic heterocycles. The first-order valence-electron chi connectivity index (χ1n) is 9.35. The maximum Gasteiger partial charge on any atom is 0.267 e. The molecule has 3 rings (SSSR count). The van der Waals surface area contributed by atoms with E-state index in [4.69, 9.17) is 0 Å². The molecule has 5 heteroatoms. The van der Waals surface area contributed by atoms with Gasteiger partial charge in [0.2, 0.25) is 0 Å². The van der Waals surface area contributed by atoms with Gasteiger partial charge in [0.1, 0.15) is 5.70 Å². The third kappa shape index (κ3) is 4.31. The number of H-pyrrole nitrogens is 1. The number of amides is 2. The SMILES string of the molecule is CC(C)=C(NC(=O)c1ccccc1)C(=O)NCCc1c(C)[nH]c2ccccc12. The number of allylic oxidation sites excluding steroid dienone is 1. The lowest BCUT2D eigenvalue weighted by Gasteiger charge is -2.13. The van der Waals surface area contributed by atoms with Crippen LogP contribution >= 0.6 is 0 Å². The van der Waals surface area contributed by atoms with Gasteiger partial charge in [-0.25, -0.2) is 0 Å². The highest BCUT2D eigenvalue weighted by Crippen LogP contribution is 2.21. The van der Waals surface area contributed by atoms with Gasteiger partial charge in [-0.05, 0) is 56.5 Å². The second-order valence-electron chi connectivity index (χ2n) is 6.98. The molecule has 3 N–H and O–H groups in total. The number of hydrogen-bond donors (Lipinski definition) is 3. The number of aryl methyl sites for hydroxylation is 1. The highest BCUT2D eigenvalue weighted by molar-refractivity contribution is 6.03. The zero-order valence-corrected chi connectivity index (χ0v) is 16.4. The van der Waals surface area contributed by atoms with Crippen LogP contribution in [-0.2, 0) is 11.2 Å². The summed E-state index contributed by atoms with van der Waals surface area (Å²) in [6, 6.07) is 17.0. The van der Waals surface area contributed by atoms with Gasteiger partial charge in [-0.3, -0.25) is 9.59 Å². The van der Waals surface area contributed by atoms with E-state index in [0.717, 1.165) is 16.8 Å². The fraction of sp³-hybridized carbons (Fsp3) is 0.217. The smallest absolute Gasteiger partial charge is 0.267 e. The van der Waals surface area contributed by atoms with Crippen molar-refractivity contribution in [2.75, 3.05) is 6.54 Å². The van der Waals surface area contributed by atoms with Crippen LogP contribution in [0.3, 0.4) is 0 Å². The molecule has 1 aromatic heterocycles. The second-order valence-corrected chi connectivity index (χ2v) is 6.98. The Balaban J connectivity index is 1.64.